The van der Waals surface area contributed by atoms with Crippen LogP contribution in [0.1, 0.15) is 13.3 Å². The zero-order chi connectivity index (χ0) is 13.1. The van der Waals surface area contributed by atoms with Gasteiger partial charge in [0.15, 0.2) is 0 Å². The van der Waals surface area contributed by atoms with E-state index in [4.69, 9.17) is 0 Å². The number of nitrogens with zero attached hydrogens (tertiary/aromatic N) is 2. The molecule has 0 spiro atoms. The lowest BCUT2D eigenvalue weighted by Crippen LogP contribution is -2.53. The van der Waals surface area contributed by atoms with Gasteiger partial charge in [-0.15, -0.1) is 0 Å². The van der Waals surface area contributed by atoms with Gasteiger partial charge in [-0.3, -0.25) is 4.79 Å². The average Bonchev–Trinajstić information content (AvgIpc) is 2.15. The molecular formula is C10H21N3O3S. The first-order valence-corrected chi connectivity index (χ1v) is 7.61. The third-order valence-electron chi connectivity index (χ3n) is 2.85. The number of hydrogen-bond acceptors (Lipinski definition) is 4. The Kier molecular flexibility index (Phi) is 4.91. The fraction of sp³-hybridized carbons (Fsp3) is 0.900. The van der Waals surface area contributed by atoms with Crippen molar-refractivity contribution in [3.63, 3.8) is 0 Å². The second-order valence-electron chi connectivity index (χ2n) is 4.61. The van der Waals surface area contributed by atoms with Crippen LogP contribution < -0.4 is 4.72 Å². The van der Waals surface area contributed by atoms with E-state index < -0.39 is 10.0 Å². The summed E-state index contributed by atoms with van der Waals surface area (Å²) in [6, 6.07) is 0.194. The molecule has 1 heterocycles. The number of nitrogens with one attached hydrogen (secondary N) is 1. The van der Waals surface area contributed by atoms with Crippen molar-refractivity contribution in [1.29, 1.82) is 0 Å². The maximum atomic E-state index is 11.9. The lowest BCUT2D eigenvalue weighted by molar-refractivity contribution is -0.135. The number of hydrogen-bond donors (Lipinski definition) is 1. The molecular weight excluding hydrogens is 242 g/mol. The molecule has 1 fully saturated rings. The van der Waals surface area contributed by atoms with Crippen LogP contribution >= 0.6 is 0 Å². The Morgan fingerprint density at radius 3 is 2.59 bits per heavy atom. The first-order chi connectivity index (χ1) is 7.79. The molecule has 1 saturated heterocycles. The van der Waals surface area contributed by atoms with Gasteiger partial charge >= 0.3 is 0 Å². The molecule has 0 bridgehead atoms. The maximum Gasteiger partial charge on any atom is 0.224 e. The molecule has 0 aromatic heterocycles. The van der Waals surface area contributed by atoms with Crippen molar-refractivity contribution in [2.24, 2.45) is 0 Å². The number of piperazine rings is 1. The molecule has 0 aromatic carbocycles. The summed E-state index contributed by atoms with van der Waals surface area (Å²) in [4.78, 5) is 15.9. The molecule has 6 nitrogen and oxygen atoms in total. The van der Waals surface area contributed by atoms with E-state index in [-0.39, 0.29) is 24.9 Å². The molecule has 1 unspecified atom stereocenters. The number of likely N-dealkylation sites (N-methyl/N-ethyl adjacent to an activating group) is 1. The predicted molar refractivity (Wildman–Crippen MR) is 66.1 cm³/mol. The average molecular weight is 263 g/mol. The topological polar surface area (TPSA) is 69.7 Å². The quantitative estimate of drug-likeness (QED) is 0.713. The zero-order valence-electron chi connectivity index (χ0n) is 10.6. The van der Waals surface area contributed by atoms with E-state index in [0.29, 0.717) is 0 Å². The van der Waals surface area contributed by atoms with Crippen molar-refractivity contribution in [1.82, 2.24) is 14.5 Å². The van der Waals surface area contributed by atoms with E-state index in [9.17, 15) is 13.2 Å². The van der Waals surface area contributed by atoms with Crippen LogP contribution in [0.5, 0.6) is 0 Å². The van der Waals surface area contributed by atoms with Crippen LogP contribution in [0.4, 0.5) is 0 Å². The Hall–Kier alpha value is -0.660. The van der Waals surface area contributed by atoms with Gasteiger partial charge in [-0.2, -0.15) is 0 Å². The second-order valence-corrected chi connectivity index (χ2v) is 6.45. The summed E-state index contributed by atoms with van der Waals surface area (Å²) in [5.74, 6) is 0.0155. The molecule has 0 saturated carbocycles. The van der Waals surface area contributed by atoms with Crippen LogP contribution in [0.3, 0.4) is 0 Å². The lowest BCUT2D eigenvalue weighted by atomic mass is 10.2. The molecule has 1 aliphatic heterocycles. The van der Waals surface area contributed by atoms with Gasteiger partial charge in [0, 0.05) is 38.6 Å². The number of carbonyl (C=O) groups excluding carboxylic acids is 1. The van der Waals surface area contributed by atoms with Crippen molar-refractivity contribution in [3.8, 4) is 0 Å². The monoisotopic (exact) mass is 263 g/mol. The van der Waals surface area contributed by atoms with E-state index >= 15 is 0 Å². The van der Waals surface area contributed by atoms with Crippen LogP contribution in [0.15, 0.2) is 0 Å². The third-order valence-corrected chi connectivity index (χ3v) is 3.58. The summed E-state index contributed by atoms with van der Waals surface area (Å²) < 4.78 is 24.0. The van der Waals surface area contributed by atoms with Gasteiger partial charge in [-0.1, -0.05) is 0 Å². The van der Waals surface area contributed by atoms with Gasteiger partial charge in [0.1, 0.15) is 0 Å². The summed E-state index contributed by atoms with van der Waals surface area (Å²) >= 11 is 0. The smallest absolute Gasteiger partial charge is 0.224 e. The fourth-order valence-corrected chi connectivity index (χ4v) is 2.47. The van der Waals surface area contributed by atoms with Gasteiger partial charge in [0.25, 0.3) is 0 Å². The van der Waals surface area contributed by atoms with Crippen molar-refractivity contribution in [3.05, 3.63) is 0 Å². The molecule has 1 N–H and O–H groups in total. The number of rotatable bonds is 4. The predicted octanol–water partition coefficient (Wildman–Crippen LogP) is -0.912. The van der Waals surface area contributed by atoms with Crippen LogP contribution in [-0.4, -0.2) is 69.6 Å². The highest BCUT2D eigenvalue weighted by Crippen LogP contribution is 2.09. The summed E-state index contributed by atoms with van der Waals surface area (Å²) in [5, 5.41) is 0. The van der Waals surface area contributed by atoms with Gasteiger partial charge < -0.3 is 9.80 Å². The molecule has 0 radical (unpaired) electrons. The Morgan fingerprint density at radius 2 is 2.06 bits per heavy atom. The molecule has 1 atom stereocenters. The summed E-state index contributed by atoms with van der Waals surface area (Å²) in [7, 11) is -1.17. The Balaban J connectivity index is 2.37. The standard InChI is InChI=1S/C10H21N3O3S/c1-9-8-12(2)6-7-13(9)10(14)4-5-11-17(3,15)16/h9,11H,4-8H2,1-3H3. The van der Waals surface area contributed by atoms with E-state index in [0.717, 1.165) is 25.9 Å². The molecule has 1 rings (SSSR count). The van der Waals surface area contributed by atoms with E-state index in [1.807, 2.05) is 18.9 Å². The largest absolute Gasteiger partial charge is 0.337 e. The Bertz CT molecular complexity index is 369. The van der Waals surface area contributed by atoms with Gasteiger partial charge in [-0.05, 0) is 14.0 Å². The Morgan fingerprint density at radius 1 is 1.41 bits per heavy atom. The first kappa shape index (κ1) is 14.4. The van der Waals surface area contributed by atoms with Crippen molar-refractivity contribution < 1.29 is 13.2 Å². The lowest BCUT2D eigenvalue weighted by Gasteiger charge is -2.38. The second kappa shape index (κ2) is 5.79. The van der Waals surface area contributed by atoms with Gasteiger partial charge in [-0.25, -0.2) is 13.1 Å². The van der Waals surface area contributed by atoms with E-state index in [1.165, 1.54) is 0 Å². The van der Waals surface area contributed by atoms with Crippen LogP contribution in [-0.2, 0) is 14.8 Å². The molecule has 1 aliphatic rings. The molecule has 7 heteroatoms. The van der Waals surface area contributed by atoms with Gasteiger partial charge in [0.2, 0.25) is 15.9 Å². The highest BCUT2D eigenvalue weighted by molar-refractivity contribution is 7.88. The highest BCUT2D eigenvalue weighted by Gasteiger charge is 2.25. The van der Waals surface area contributed by atoms with Crippen LogP contribution in [0.25, 0.3) is 0 Å². The third kappa shape index (κ3) is 5.01. The SMILES string of the molecule is CC1CN(C)CCN1C(=O)CCNS(C)(=O)=O. The van der Waals surface area contributed by atoms with Crippen molar-refractivity contribution in [2.75, 3.05) is 39.5 Å². The van der Waals surface area contributed by atoms with Crippen LogP contribution in [0.2, 0.25) is 0 Å². The van der Waals surface area contributed by atoms with E-state index in [1.54, 1.807) is 0 Å². The van der Waals surface area contributed by atoms with Crippen molar-refractivity contribution in [2.45, 2.75) is 19.4 Å². The summed E-state index contributed by atoms with van der Waals surface area (Å²) in [5.41, 5.74) is 0. The van der Waals surface area contributed by atoms with Crippen LogP contribution in [0, 0.1) is 0 Å². The fourth-order valence-electron chi connectivity index (χ4n) is 2.00. The first-order valence-electron chi connectivity index (χ1n) is 5.72. The number of amides is 1. The molecule has 0 aliphatic carbocycles. The highest BCUT2D eigenvalue weighted by atomic mass is 32.2. The van der Waals surface area contributed by atoms with Crippen molar-refractivity contribution >= 4 is 15.9 Å². The number of carbonyl (C=O) groups is 1. The molecule has 1 amide bonds. The summed E-state index contributed by atoms with van der Waals surface area (Å²) in [6.45, 7) is 4.64. The maximum absolute atomic E-state index is 11.9. The Labute approximate surface area is 103 Å². The number of sulfonamides is 1. The minimum atomic E-state index is -3.20. The van der Waals surface area contributed by atoms with E-state index in [2.05, 4.69) is 9.62 Å². The minimum absolute atomic E-state index is 0.0155. The molecule has 100 valence electrons. The minimum Gasteiger partial charge on any atom is -0.337 e. The molecule has 0 aromatic rings. The zero-order valence-corrected chi connectivity index (χ0v) is 11.5. The van der Waals surface area contributed by atoms with Gasteiger partial charge in [0.05, 0.1) is 6.26 Å². The normalized spacial score (nSPS) is 22.8. The molecule has 17 heavy (non-hydrogen) atoms. The summed E-state index contributed by atoms with van der Waals surface area (Å²) in [6.07, 6.45) is 1.32.